The molecule has 1 heterocycles. The van der Waals surface area contributed by atoms with E-state index in [1.807, 2.05) is 6.92 Å². The molecule has 0 aromatic carbocycles. The van der Waals surface area contributed by atoms with Crippen molar-refractivity contribution in [3.63, 3.8) is 0 Å². The van der Waals surface area contributed by atoms with E-state index in [1.54, 1.807) is 13.0 Å². The largest absolute Gasteiger partial charge is 0.460 e. The van der Waals surface area contributed by atoms with Gasteiger partial charge in [0.1, 0.15) is 0 Å². The van der Waals surface area contributed by atoms with Crippen molar-refractivity contribution < 1.29 is 14.6 Å². The number of rotatable bonds is 0. The van der Waals surface area contributed by atoms with E-state index < -0.39 is 5.60 Å². The third kappa shape index (κ3) is 6.80. The molecule has 0 aliphatic carbocycles. The van der Waals surface area contributed by atoms with E-state index in [9.17, 15) is 9.90 Å². The fourth-order valence-electron chi connectivity index (χ4n) is 2.25. The van der Waals surface area contributed by atoms with Crippen LogP contribution < -0.4 is 0 Å². The van der Waals surface area contributed by atoms with Gasteiger partial charge in [-0.15, -0.1) is 0 Å². The molecule has 1 rings (SSSR count). The summed E-state index contributed by atoms with van der Waals surface area (Å²) in [6.07, 6.45) is 11.5. The molecule has 3 nitrogen and oxygen atoms in total. The van der Waals surface area contributed by atoms with Crippen LogP contribution in [0.15, 0.2) is 12.2 Å². The highest BCUT2D eigenvalue weighted by Crippen LogP contribution is 2.18. The van der Waals surface area contributed by atoms with Crippen LogP contribution in [0.1, 0.15) is 65.2 Å². The highest BCUT2D eigenvalue weighted by atomic mass is 16.5. The number of hydrogen-bond acceptors (Lipinski definition) is 3. The standard InChI is InChI=1S/C15H26O3/c1-13-9-7-5-3-4-6-8-11-15(2,17)12-10-14(16)18-13/h10,12-13,17H,3-9,11H2,1-2H3/b12-10+/t13?,15-/m0/s1. The van der Waals surface area contributed by atoms with Gasteiger partial charge in [0.2, 0.25) is 0 Å². The van der Waals surface area contributed by atoms with Gasteiger partial charge in [0.15, 0.2) is 0 Å². The summed E-state index contributed by atoms with van der Waals surface area (Å²) in [5, 5.41) is 10.1. The molecule has 0 amide bonds. The Hall–Kier alpha value is -0.830. The van der Waals surface area contributed by atoms with Gasteiger partial charge in [0.05, 0.1) is 11.7 Å². The lowest BCUT2D eigenvalue weighted by Gasteiger charge is -2.19. The second-order valence-electron chi connectivity index (χ2n) is 5.60. The zero-order valence-electron chi connectivity index (χ0n) is 11.7. The molecule has 3 heteroatoms. The third-order valence-electron chi connectivity index (χ3n) is 3.44. The molecule has 1 unspecified atom stereocenters. The summed E-state index contributed by atoms with van der Waals surface area (Å²) in [7, 11) is 0. The Labute approximate surface area is 110 Å². The summed E-state index contributed by atoms with van der Waals surface area (Å²) in [5.74, 6) is -0.347. The maximum Gasteiger partial charge on any atom is 0.330 e. The van der Waals surface area contributed by atoms with E-state index in [2.05, 4.69) is 0 Å². The number of ether oxygens (including phenoxy) is 1. The van der Waals surface area contributed by atoms with Crippen molar-refractivity contribution in [1.29, 1.82) is 0 Å². The van der Waals surface area contributed by atoms with Crippen molar-refractivity contribution in [1.82, 2.24) is 0 Å². The lowest BCUT2D eigenvalue weighted by atomic mass is 9.96. The van der Waals surface area contributed by atoms with E-state index in [0.29, 0.717) is 6.42 Å². The fraction of sp³-hybridized carbons (Fsp3) is 0.800. The number of hydrogen-bond donors (Lipinski definition) is 1. The minimum Gasteiger partial charge on any atom is -0.460 e. The Morgan fingerprint density at radius 2 is 1.83 bits per heavy atom. The molecule has 2 atom stereocenters. The van der Waals surface area contributed by atoms with E-state index in [-0.39, 0.29) is 12.1 Å². The average Bonchev–Trinajstić information content (AvgIpc) is 2.29. The summed E-state index contributed by atoms with van der Waals surface area (Å²) in [6, 6.07) is 0. The SMILES string of the molecule is CC1CCCCCCCC[C@](C)(O)/C=C/C(=O)O1. The predicted molar refractivity (Wildman–Crippen MR) is 72.3 cm³/mol. The van der Waals surface area contributed by atoms with E-state index >= 15 is 0 Å². The number of cyclic esters (lactones) is 1. The summed E-state index contributed by atoms with van der Waals surface area (Å²) in [4.78, 5) is 11.5. The van der Waals surface area contributed by atoms with Gasteiger partial charge in [-0.05, 0) is 39.2 Å². The third-order valence-corrected chi connectivity index (χ3v) is 3.44. The molecular weight excluding hydrogens is 228 g/mol. The minimum atomic E-state index is -0.896. The Morgan fingerprint density at radius 3 is 2.56 bits per heavy atom. The highest BCUT2D eigenvalue weighted by molar-refractivity contribution is 5.82. The van der Waals surface area contributed by atoms with Gasteiger partial charge in [-0.2, -0.15) is 0 Å². The van der Waals surface area contributed by atoms with Crippen molar-refractivity contribution in [2.24, 2.45) is 0 Å². The van der Waals surface area contributed by atoms with Gasteiger partial charge in [-0.1, -0.05) is 32.1 Å². The van der Waals surface area contributed by atoms with Gasteiger partial charge >= 0.3 is 5.97 Å². The molecule has 0 aromatic rings. The Balaban J connectivity index is 2.56. The van der Waals surface area contributed by atoms with Crippen molar-refractivity contribution >= 4 is 5.97 Å². The normalized spacial score (nSPS) is 34.4. The first kappa shape index (κ1) is 15.2. The van der Waals surface area contributed by atoms with Crippen LogP contribution in [0.4, 0.5) is 0 Å². The van der Waals surface area contributed by atoms with Crippen molar-refractivity contribution in [3.05, 3.63) is 12.2 Å². The van der Waals surface area contributed by atoms with Gasteiger partial charge in [0, 0.05) is 6.08 Å². The van der Waals surface area contributed by atoms with Crippen LogP contribution in [-0.2, 0) is 9.53 Å². The Kier molecular flexibility index (Phi) is 6.41. The first-order chi connectivity index (χ1) is 8.49. The van der Waals surface area contributed by atoms with Crippen molar-refractivity contribution in [3.8, 4) is 0 Å². The van der Waals surface area contributed by atoms with E-state index in [1.165, 1.54) is 25.3 Å². The molecular formula is C15H26O3. The lowest BCUT2D eigenvalue weighted by Crippen LogP contribution is -2.22. The maximum atomic E-state index is 11.5. The molecule has 1 N–H and O–H groups in total. The highest BCUT2D eigenvalue weighted by Gasteiger charge is 2.17. The van der Waals surface area contributed by atoms with Crippen molar-refractivity contribution in [2.45, 2.75) is 76.9 Å². The Morgan fingerprint density at radius 1 is 1.22 bits per heavy atom. The lowest BCUT2D eigenvalue weighted by molar-refractivity contribution is -0.142. The zero-order chi connectivity index (χ0) is 13.4. The monoisotopic (exact) mass is 254 g/mol. The van der Waals surface area contributed by atoms with E-state index in [4.69, 9.17) is 4.74 Å². The van der Waals surface area contributed by atoms with Crippen LogP contribution in [0.3, 0.4) is 0 Å². The molecule has 0 saturated carbocycles. The second-order valence-corrected chi connectivity index (χ2v) is 5.60. The van der Waals surface area contributed by atoms with Gasteiger partial charge in [0.25, 0.3) is 0 Å². The quantitative estimate of drug-likeness (QED) is 0.674. The number of carbonyl (C=O) groups excluding carboxylic acids is 1. The smallest absolute Gasteiger partial charge is 0.330 e. The summed E-state index contributed by atoms with van der Waals surface area (Å²) < 4.78 is 5.25. The number of carbonyl (C=O) groups is 1. The molecule has 18 heavy (non-hydrogen) atoms. The molecule has 1 aliphatic heterocycles. The summed E-state index contributed by atoms with van der Waals surface area (Å²) >= 11 is 0. The molecule has 0 aromatic heterocycles. The molecule has 0 spiro atoms. The van der Waals surface area contributed by atoms with Gasteiger partial charge in [-0.25, -0.2) is 4.79 Å². The molecule has 0 saturated heterocycles. The van der Waals surface area contributed by atoms with Crippen LogP contribution in [0.2, 0.25) is 0 Å². The van der Waals surface area contributed by atoms with Crippen molar-refractivity contribution in [2.75, 3.05) is 0 Å². The van der Waals surface area contributed by atoms with Crippen LogP contribution in [0.25, 0.3) is 0 Å². The first-order valence-electron chi connectivity index (χ1n) is 7.12. The van der Waals surface area contributed by atoms with E-state index in [0.717, 1.165) is 25.7 Å². The summed E-state index contributed by atoms with van der Waals surface area (Å²) in [5.41, 5.74) is -0.896. The van der Waals surface area contributed by atoms with Crippen LogP contribution in [-0.4, -0.2) is 22.8 Å². The molecule has 1 aliphatic rings. The molecule has 0 fully saturated rings. The van der Waals surface area contributed by atoms with Gasteiger partial charge in [-0.3, -0.25) is 0 Å². The maximum absolute atomic E-state index is 11.5. The second kappa shape index (κ2) is 7.57. The predicted octanol–water partition coefficient (Wildman–Crippen LogP) is 3.36. The van der Waals surface area contributed by atoms with Gasteiger partial charge < -0.3 is 9.84 Å². The fourth-order valence-corrected chi connectivity index (χ4v) is 2.25. The topological polar surface area (TPSA) is 46.5 Å². The van der Waals surface area contributed by atoms with Crippen LogP contribution in [0, 0.1) is 0 Å². The molecule has 0 radical (unpaired) electrons. The number of aliphatic hydroxyl groups is 1. The Bertz CT molecular complexity index is 281. The molecule has 0 bridgehead atoms. The van der Waals surface area contributed by atoms with Crippen LogP contribution in [0.5, 0.6) is 0 Å². The minimum absolute atomic E-state index is 0.0324. The number of esters is 1. The zero-order valence-corrected chi connectivity index (χ0v) is 11.7. The summed E-state index contributed by atoms with van der Waals surface area (Å²) in [6.45, 7) is 3.67. The first-order valence-corrected chi connectivity index (χ1v) is 7.12. The molecule has 104 valence electrons. The average molecular weight is 254 g/mol. The van der Waals surface area contributed by atoms with Crippen LogP contribution >= 0.6 is 0 Å².